The fraction of sp³-hybridized carbons (Fsp3) is 0.343. The smallest absolute Gasteiger partial charge is 0.416 e. The molecule has 0 radical (unpaired) electrons. The maximum Gasteiger partial charge on any atom is 0.416 e. The number of carbonyl (C=O) groups is 2. The highest BCUT2D eigenvalue weighted by molar-refractivity contribution is 7.19. The van der Waals surface area contributed by atoms with Crippen molar-refractivity contribution in [3.8, 4) is 21.9 Å². The van der Waals surface area contributed by atoms with E-state index >= 15 is 0 Å². The lowest BCUT2D eigenvalue weighted by Gasteiger charge is -2.30. The van der Waals surface area contributed by atoms with Crippen molar-refractivity contribution in [3.05, 3.63) is 84.6 Å². The quantitative estimate of drug-likeness (QED) is 0.171. The monoisotopic (exact) mass is 695 g/mol. The van der Waals surface area contributed by atoms with Crippen LogP contribution in [0.1, 0.15) is 52.7 Å². The Kier molecular flexibility index (Phi) is 10.00. The van der Waals surface area contributed by atoms with E-state index in [1.165, 1.54) is 41.0 Å². The number of carbonyl (C=O) groups excluding carboxylic acids is 2. The van der Waals surface area contributed by atoms with Gasteiger partial charge in [-0.25, -0.2) is 19.6 Å². The number of alkyl carbamates (subject to hydrolysis) is 1. The molecule has 0 spiro atoms. The van der Waals surface area contributed by atoms with Crippen LogP contribution >= 0.6 is 11.3 Å². The van der Waals surface area contributed by atoms with Crippen molar-refractivity contribution >= 4 is 39.4 Å². The molecule has 0 saturated carbocycles. The van der Waals surface area contributed by atoms with Gasteiger partial charge < -0.3 is 19.2 Å². The van der Waals surface area contributed by atoms with Crippen LogP contribution in [0.5, 0.6) is 0 Å². The molecule has 14 heteroatoms. The summed E-state index contributed by atoms with van der Waals surface area (Å²) in [4.78, 5) is 41.9. The number of nitrogens with zero attached hydrogens (tertiary/aromatic N) is 4. The maximum absolute atomic E-state index is 13.9. The number of fused-ring (bicyclic) bond motifs is 1. The summed E-state index contributed by atoms with van der Waals surface area (Å²) >= 11 is 1.21. The first-order valence-corrected chi connectivity index (χ1v) is 16.2. The second kappa shape index (κ2) is 13.9. The summed E-state index contributed by atoms with van der Waals surface area (Å²) in [5, 5.41) is 4.90. The second-order valence-electron chi connectivity index (χ2n) is 13.3. The highest BCUT2D eigenvalue weighted by Crippen LogP contribution is 2.41. The topological polar surface area (TPSA) is 120 Å². The molecule has 2 aromatic carbocycles. The molecule has 1 unspecified atom stereocenters. The van der Waals surface area contributed by atoms with E-state index in [4.69, 9.17) is 18.9 Å². The van der Waals surface area contributed by atoms with Gasteiger partial charge in [-0.2, -0.15) is 13.2 Å². The van der Waals surface area contributed by atoms with E-state index in [1.807, 2.05) is 24.3 Å². The first-order chi connectivity index (χ1) is 22.9. The van der Waals surface area contributed by atoms with Crippen molar-refractivity contribution in [1.29, 1.82) is 0 Å². The van der Waals surface area contributed by atoms with E-state index in [0.717, 1.165) is 28.5 Å². The van der Waals surface area contributed by atoms with Crippen LogP contribution in [0.25, 0.3) is 32.7 Å². The molecular formula is C35H36F3N5O5S. The first kappa shape index (κ1) is 35.3. The van der Waals surface area contributed by atoms with Crippen molar-refractivity contribution in [2.45, 2.75) is 71.4 Å². The molecule has 0 saturated heterocycles. The summed E-state index contributed by atoms with van der Waals surface area (Å²) < 4.78 is 56.8. The third kappa shape index (κ3) is 9.34. The highest BCUT2D eigenvalue weighted by atomic mass is 32.1. The number of pyridine rings is 1. The van der Waals surface area contributed by atoms with Crippen LogP contribution in [-0.4, -0.2) is 50.9 Å². The summed E-state index contributed by atoms with van der Waals surface area (Å²) in [6, 6.07) is 11.5. The van der Waals surface area contributed by atoms with Crippen molar-refractivity contribution in [2.75, 3.05) is 11.4 Å². The lowest BCUT2D eigenvalue weighted by Crippen LogP contribution is -2.49. The molecule has 2 amide bonds. The van der Waals surface area contributed by atoms with Crippen molar-refractivity contribution in [2.24, 2.45) is 0 Å². The summed E-state index contributed by atoms with van der Waals surface area (Å²) in [6.07, 6.45) is 0.289. The van der Waals surface area contributed by atoms with Gasteiger partial charge in [0, 0.05) is 17.8 Å². The number of rotatable bonds is 8. The van der Waals surface area contributed by atoms with E-state index in [1.54, 1.807) is 53.9 Å². The molecule has 49 heavy (non-hydrogen) atoms. The van der Waals surface area contributed by atoms with Gasteiger partial charge in [-0.15, -0.1) is 0 Å². The van der Waals surface area contributed by atoms with Gasteiger partial charge in [0.15, 0.2) is 17.3 Å². The van der Waals surface area contributed by atoms with Crippen molar-refractivity contribution < 1.29 is 36.7 Å². The fourth-order valence-corrected chi connectivity index (χ4v) is 5.93. The highest BCUT2D eigenvalue weighted by Gasteiger charge is 2.33. The molecule has 0 fully saturated rings. The zero-order valence-electron chi connectivity index (χ0n) is 27.8. The third-order valence-corrected chi connectivity index (χ3v) is 8.04. The SMILES string of the molecule is CC(C)(C)OC(=O)NC(Cc1ccc(C(F)(F)F)cc1)CN(C(=O)OC(C)(C)C)c1nc(-c2cnco2)c(-c2ccc3cnccc3c2)s1. The molecule has 10 nitrogen and oxygen atoms in total. The number of alkyl halides is 3. The summed E-state index contributed by atoms with van der Waals surface area (Å²) in [6.45, 7) is 10.1. The number of aromatic nitrogens is 3. The Hall–Kier alpha value is -4.98. The molecule has 5 aromatic rings. The van der Waals surface area contributed by atoms with E-state index in [-0.39, 0.29) is 18.1 Å². The minimum atomic E-state index is -4.51. The van der Waals surface area contributed by atoms with Gasteiger partial charge in [-0.05, 0) is 88.7 Å². The Labute approximate surface area is 285 Å². The van der Waals surface area contributed by atoms with Crippen LogP contribution in [0.4, 0.5) is 27.9 Å². The van der Waals surface area contributed by atoms with E-state index in [9.17, 15) is 22.8 Å². The third-order valence-electron chi connectivity index (χ3n) is 6.92. The van der Waals surface area contributed by atoms with Crippen LogP contribution in [0.2, 0.25) is 0 Å². The Morgan fingerprint density at radius 1 is 0.918 bits per heavy atom. The molecule has 0 bridgehead atoms. The second-order valence-corrected chi connectivity index (χ2v) is 14.3. The van der Waals surface area contributed by atoms with Crippen LogP contribution < -0.4 is 10.2 Å². The number of thiazole rings is 1. The number of ether oxygens (including phenoxy) is 2. The van der Waals surface area contributed by atoms with Crippen molar-refractivity contribution in [1.82, 2.24) is 20.3 Å². The number of halogens is 3. The van der Waals surface area contributed by atoms with Crippen LogP contribution in [0.15, 0.2) is 77.9 Å². The predicted octanol–water partition coefficient (Wildman–Crippen LogP) is 8.91. The van der Waals surface area contributed by atoms with Gasteiger partial charge in [0.1, 0.15) is 16.9 Å². The number of oxazole rings is 1. The van der Waals surface area contributed by atoms with E-state index < -0.39 is 41.2 Å². The summed E-state index contributed by atoms with van der Waals surface area (Å²) in [5.74, 6) is 0.365. The van der Waals surface area contributed by atoms with E-state index in [2.05, 4.69) is 15.3 Å². The molecule has 5 rings (SSSR count). The molecule has 1 N–H and O–H groups in total. The molecule has 0 aliphatic rings. The lowest BCUT2D eigenvalue weighted by molar-refractivity contribution is -0.137. The Balaban J connectivity index is 1.57. The van der Waals surface area contributed by atoms with E-state index in [0.29, 0.717) is 21.9 Å². The average Bonchev–Trinajstić information content (AvgIpc) is 3.68. The number of hydrogen-bond acceptors (Lipinski definition) is 9. The molecule has 3 aromatic heterocycles. The van der Waals surface area contributed by atoms with Crippen LogP contribution in [0, 0.1) is 0 Å². The van der Waals surface area contributed by atoms with Gasteiger partial charge in [-0.1, -0.05) is 35.6 Å². The van der Waals surface area contributed by atoms with Gasteiger partial charge >= 0.3 is 18.4 Å². The maximum atomic E-state index is 13.9. The molecule has 258 valence electrons. The first-order valence-electron chi connectivity index (χ1n) is 15.4. The lowest BCUT2D eigenvalue weighted by atomic mass is 10.0. The van der Waals surface area contributed by atoms with Crippen LogP contribution in [0.3, 0.4) is 0 Å². The number of amides is 2. The molecule has 0 aliphatic heterocycles. The van der Waals surface area contributed by atoms with Gasteiger partial charge in [0.2, 0.25) is 0 Å². The zero-order valence-corrected chi connectivity index (χ0v) is 28.6. The molecule has 0 aliphatic carbocycles. The summed E-state index contributed by atoms with van der Waals surface area (Å²) in [7, 11) is 0. The largest absolute Gasteiger partial charge is 0.444 e. The molecule has 1 atom stereocenters. The number of benzene rings is 2. The average molecular weight is 696 g/mol. The Bertz CT molecular complexity index is 1910. The Morgan fingerprint density at radius 2 is 1.63 bits per heavy atom. The molecule has 3 heterocycles. The van der Waals surface area contributed by atoms with Gasteiger partial charge in [0.05, 0.1) is 29.2 Å². The standard InChI is InChI=1S/C35H36F3N5O5S/c1-33(2,3)47-31(44)41-26(15-21-7-11-25(12-8-21)35(36,37)38)19-43(32(45)48-34(4,5)6)30-42-28(27-18-40-20-46-27)29(49-30)23-9-10-24-17-39-14-13-22(24)16-23/h7-14,16-18,20,26H,15,19H2,1-6H3,(H,41,44). The zero-order chi connectivity index (χ0) is 35.6. The minimum Gasteiger partial charge on any atom is -0.444 e. The van der Waals surface area contributed by atoms with Crippen LogP contribution in [-0.2, 0) is 22.1 Å². The van der Waals surface area contributed by atoms with Crippen molar-refractivity contribution in [3.63, 3.8) is 0 Å². The normalized spacial score (nSPS) is 12.8. The predicted molar refractivity (Wildman–Crippen MR) is 180 cm³/mol. The Morgan fingerprint density at radius 3 is 2.27 bits per heavy atom. The fourth-order valence-electron chi connectivity index (χ4n) is 4.86. The minimum absolute atomic E-state index is 0.0581. The number of hydrogen-bond donors (Lipinski definition) is 1. The number of anilines is 1. The number of nitrogens with one attached hydrogen (secondary N) is 1. The van der Waals surface area contributed by atoms with Gasteiger partial charge in [-0.3, -0.25) is 9.88 Å². The van der Waals surface area contributed by atoms with Gasteiger partial charge in [0.25, 0.3) is 0 Å². The molecular weight excluding hydrogens is 659 g/mol. The summed E-state index contributed by atoms with van der Waals surface area (Å²) in [5.41, 5.74) is -0.809.